The smallest absolute Gasteiger partial charge is 0.231 e. The van der Waals surface area contributed by atoms with Gasteiger partial charge in [0.15, 0.2) is 23.0 Å². The third kappa shape index (κ3) is 3.00. The van der Waals surface area contributed by atoms with E-state index >= 15 is 0 Å². The van der Waals surface area contributed by atoms with Gasteiger partial charge in [0.05, 0.1) is 19.3 Å². The molecule has 0 radical (unpaired) electrons. The first-order chi connectivity index (χ1) is 12.3. The number of benzene rings is 2. The zero-order valence-electron chi connectivity index (χ0n) is 14.6. The van der Waals surface area contributed by atoms with Crippen molar-refractivity contribution >= 4 is 0 Å². The zero-order valence-corrected chi connectivity index (χ0v) is 14.6. The summed E-state index contributed by atoms with van der Waals surface area (Å²) >= 11 is 0. The maximum Gasteiger partial charge on any atom is 0.231 e. The molecule has 25 heavy (non-hydrogen) atoms. The average Bonchev–Trinajstić information content (AvgIpc) is 3.10. The molecule has 0 spiro atoms. The normalized spacial score (nSPS) is 17.9. The lowest BCUT2D eigenvalue weighted by Crippen LogP contribution is -2.30. The van der Waals surface area contributed by atoms with Crippen LogP contribution in [0.1, 0.15) is 36.6 Å². The summed E-state index contributed by atoms with van der Waals surface area (Å²) in [6.45, 7) is 6.43. The molecule has 0 aliphatic carbocycles. The van der Waals surface area contributed by atoms with Crippen molar-refractivity contribution in [2.24, 2.45) is 0 Å². The van der Waals surface area contributed by atoms with Gasteiger partial charge >= 0.3 is 0 Å². The van der Waals surface area contributed by atoms with Crippen LogP contribution in [0.2, 0.25) is 0 Å². The Labute approximate surface area is 147 Å². The fourth-order valence-corrected chi connectivity index (χ4v) is 3.49. The number of fused-ring (bicyclic) bond motifs is 2. The molecule has 2 aliphatic heterocycles. The van der Waals surface area contributed by atoms with Gasteiger partial charge in [-0.1, -0.05) is 6.07 Å². The molecule has 1 N–H and O–H groups in total. The molecular weight excluding hydrogens is 318 g/mol. The molecule has 0 saturated carbocycles. The second-order valence-corrected chi connectivity index (χ2v) is 6.11. The molecule has 1 atom stereocenters. The summed E-state index contributed by atoms with van der Waals surface area (Å²) in [5.74, 6) is 3.25. The van der Waals surface area contributed by atoms with Crippen LogP contribution < -0.4 is 24.3 Å². The highest BCUT2D eigenvalue weighted by Gasteiger charge is 2.26. The molecule has 0 bridgehead atoms. The first-order valence-electron chi connectivity index (χ1n) is 8.85. The molecule has 132 valence electrons. The number of rotatable bonds is 5. The number of nitrogens with one attached hydrogen (secondary N) is 1. The van der Waals surface area contributed by atoms with Crippen LogP contribution in [0.15, 0.2) is 30.3 Å². The Balaban J connectivity index is 1.74. The highest BCUT2D eigenvalue weighted by molar-refractivity contribution is 5.53. The van der Waals surface area contributed by atoms with Crippen LogP contribution in [0.5, 0.6) is 23.0 Å². The van der Waals surface area contributed by atoms with Crippen molar-refractivity contribution in [3.8, 4) is 23.0 Å². The molecule has 2 aromatic carbocycles. The number of hydrogen-bond acceptors (Lipinski definition) is 5. The molecule has 4 rings (SSSR count). The fraction of sp³-hybridized carbons (Fsp3) is 0.400. The van der Waals surface area contributed by atoms with Gasteiger partial charge in [0.25, 0.3) is 0 Å². The van der Waals surface area contributed by atoms with Crippen LogP contribution in [0.4, 0.5) is 0 Å². The van der Waals surface area contributed by atoms with Gasteiger partial charge in [-0.05, 0) is 61.2 Å². The maximum atomic E-state index is 5.82. The van der Waals surface area contributed by atoms with Crippen LogP contribution in [0.25, 0.3) is 0 Å². The Morgan fingerprint density at radius 1 is 1.00 bits per heavy atom. The van der Waals surface area contributed by atoms with E-state index < -0.39 is 0 Å². The minimum Gasteiger partial charge on any atom is -0.490 e. The van der Waals surface area contributed by atoms with Crippen molar-refractivity contribution in [1.29, 1.82) is 0 Å². The van der Waals surface area contributed by atoms with Gasteiger partial charge in [-0.15, -0.1) is 0 Å². The van der Waals surface area contributed by atoms with Gasteiger partial charge in [-0.3, -0.25) is 0 Å². The van der Waals surface area contributed by atoms with Crippen molar-refractivity contribution in [3.05, 3.63) is 47.0 Å². The lowest BCUT2D eigenvalue weighted by molar-refractivity contribution is 0.174. The van der Waals surface area contributed by atoms with E-state index in [9.17, 15) is 0 Å². The van der Waals surface area contributed by atoms with E-state index in [1.54, 1.807) is 0 Å². The van der Waals surface area contributed by atoms with Gasteiger partial charge in [0.1, 0.15) is 0 Å². The summed E-state index contributed by atoms with van der Waals surface area (Å²) < 4.78 is 22.6. The van der Waals surface area contributed by atoms with E-state index in [0.29, 0.717) is 20.0 Å². The Hall–Kier alpha value is -2.40. The lowest BCUT2D eigenvalue weighted by atomic mass is 9.89. The lowest BCUT2D eigenvalue weighted by Gasteiger charge is -2.29. The maximum absolute atomic E-state index is 5.82. The molecule has 0 fully saturated rings. The largest absolute Gasteiger partial charge is 0.490 e. The standard InChI is InChI=1S/C20H23NO4/c1-3-22-18-9-13-7-8-21-20(15(13)11-19(18)23-4-2)14-5-6-16-17(10-14)25-12-24-16/h5-6,9-11,20-21H,3-4,7-8,12H2,1-2H3/t20-/m1/s1. The molecule has 0 unspecified atom stereocenters. The third-order valence-corrected chi connectivity index (χ3v) is 4.59. The highest BCUT2D eigenvalue weighted by atomic mass is 16.7. The van der Waals surface area contributed by atoms with Gasteiger partial charge < -0.3 is 24.3 Å². The van der Waals surface area contributed by atoms with E-state index in [1.807, 2.05) is 19.9 Å². The van der Waals surface area contributed by atoms with Crippen LogP contribution in [0, 0.1) is 0 Å². The predicted octanol–water partition coefficient (Wildman–Crippen LogP) is 3.45. The Kier molecular flexibility index (Phi) is 4.40. The van der Waals surface area contributed by atoms with E-state index in [2.05, 4.69) is 29.6 Å². The summed E-state index contributed by atoms with van der Waals surface area (Å²) in [5.41, 5.74) is 3.70. The van der Waals surface area contributed by atoms with Gasteiger partial charge in [-0.2, -0.15) is 0 Å². The summed E-state index contributed by atoms with van der Waals surface area (Å²) in [5, 5.41) is 3.61. The summed E-state index contributed by atoms with van der Waals surface area (Å²) in [6, 6.07) is 10.5. The molecular formula is C20H23NO4. The van der Waals surface area contributed by atoms with Crippen LogP contribution in [-0.4, -0.2) is 26.6 Å². The average molecular weight is 341 g/mol. The van der Waals surface area contributed by atoms with Crippen LogP contribution in [-0.2, 0) is 6.42 Å². The minimum atomic E-state index is 0.105. The molecule has 0 aromatic heterocycles. The van der Waals surface area contributed by atoms with Crippen LogP contribution in [0.3, 0.4) is 0 Å². The Morgan fingerprint density at radius 2 is 1.76 bits per heavy atom. The molecule has 2 aromatic rings. The topological polar surface area (TPSA) is 49.0 Å². The van der Waals surface area contributed by atoms with Gasteiger partial charge in [0, 0.05) is 6.54 Å². The molecule has 5 nitrogen and oxygen atoms in total. The first-order valence-corrected chi connectivity index (χ1v) is 8.85. The number of ether oxygens (including phenoxy) is 4. The van der Waals surface area contributed by atoms with Gasteiger partial charge in [0.2, 0.25) is 6.79 Å². The van der Waals surface area contributed by atoms with E-state index in [0.717, 1.165) is 41.5 Å². The second-order valence-electron chi connectivity index (χ2n) is 6.11. The van der Waals surface area contributed by atoms with Crippen LogP contribution >= 0.6 is 0 Å². The van der Waals surface area contributed by atoms with Crippen molar-refractivity contribution in [1.82, 2.24) is 5.32 Å². The number of hydrogen-bond donors (Lipinski definition) is 1. The molecule has 0 amide bonds. The Bertz CT molecular complexity index is 775. The van der Waals surface area contributed by atoms with Crippen molar-refractivity contribution in [2.75, 3.05) is 26.6 Å². The minimum absolute atomic E-state index is 0.105. The van der Waals surface area contributed by atoms with Crippen molar-refractivity contribution in [2.45, 2.75) is 26.3 Å². The van der Waals surface area contributed by atoms with E-state index in [1.165, 1.54) is 11.1 Å². The van der Waals surface area contributed by atoms with Crippen molar-refractivity contribution < 1.29 is 18.9 Å². The molecule has 0 saturated heterocycles. The van der Waals surface area contributed by atoms with Gasteiger partial charge in [-0.25, -0.2) is 0 Å². The third-order valence-electron chi connectivity index (χ3n) is 4.59. The fourth-order valence-electron chi connectivity index (χ4n) is 3.49. The Morgan fingerprint density at radius 3 is 2.56 bits per heavy atom. The molecule has 2 heterocycles. The summed E-state index contributed by atoms with van der Waals surface area (Å²) in [6.07, 6.45) is 0.975. The van der Waals surface area contributed by atoms with E-state index in [-0.39, 0.29) is 6.04 Å². The highest BCUT2D eigenvalue weighted by Crippen LogP contribution is 2.40. The summed E-state index contributed by atoms with van der Waals surface area (Å²) in [7, 11) is 0. The molecule has 2 aliphatic rings. The SMILES string of the molecule is CCOc1cc2c(cc1OCC)[C@@H](c1ccc3c(c1)OCO3)NCC2. The monoisotopic (exact) mass is 341 g/mol. The second kappa shape index (κ2) is 6.84. The van der Waals surface area contributed by atoms with E-state index in [4.69, 9.17) is 18.9 Å². The zero-order chi connectivity index (χ0) is 17.2. The van der Waals surface area contributed by atoms with Crippen molar-refractivity contribution in [3.63, 3.8) is 0 Å². The summed E-state index contributed by atoms with van der Waals surface area (Å²) in [4.78, 5) is 0. The quantitative estimate of drug-likeness (QED) is 0.903. The molecule has 5 heteroatoms. The first kappa shape index (κ1) is 16.1. The predicted molar refractivity (Wildman–Crippen MR) is 94.9 cm³/mol.